The first-order valence-corrected chi connectivity index (χ1v) is 8.59. The summed E-state index contributed by atoms with van der Waals surface area (Å²) in [5.41, 5.74) is -0.806. The number of carboxylic acid groups (broad SMARTS) is 1. The van der Waals surface area contributed by atoms with Crippen molar-refractivity contribution in [3.05, 3.63) is 67.5 Å². The molecular weight excluding hydrogens is 417 g/mol. The van der Waals surface area contributed by atoms with Crippen molar-refractivity contribution in [1.82, 2.24) is 9.78 Å². The Labute approximate surface area is 167 Å². The Hall–Kier alpha value is -2.61. The normalized spacial score (nSPS) is 10.8. The number of halogens is 3. The highest BCUT2D eigenvalue weighted by Crippen LogP contribution is 2.33. The summed E-state index contributed by atoms with van der Waals surface area (Å²) in [5, 5.41) is 16.5. The van der Waals surface area contributed by atoms with E-state index in [1.165, 1.54) is 24.3 Å². The van der Waals surface area contributed by atoms with Crippen LogP contribution in [0.15, 0.2) is 41.2 Å². The zero-order chi connectivity index (χ0) is 19.7. The summed E-state index contributed by atoms with van der Waals surface area (Å²) in [5.74, 6) is -1.98. The monoisotopic (exact) mass is 425 g/mol. The van der Waals surface area contributed by atoms with Crippen molar-refractivity contribution in [1.29, 1.82) is 0 Å². The largest absolute Gasteiger partial charge is 0.476 e. The van der Waals surface area contributed by atoms with Crippen molar-refractivity contribution in [3.8, 4) is 0 Å². The number of aromatic carboxylic acids is 1. The second-order valence-corrected chi connectivity index (χ2v) is 6.71. The van der Waals surface area contributed by atoms with Gasteiger partial charge in [-0.05, 0) is 18.2 Å². The molecule has 7 nitrogen and oxygen atoms in total. The molecule has 0 saturated carbocycles. The molecule has 138 valence electrons. The van der Waals surface area contributed by atoms with E-state index in [-0.39, 0.29) is 32.2 Å². The van der Waals surface area contributed by atoms with Crippen molar-refractivity contribution in [2.75, 3.05) is 5.32 Å². The lowest BCUT2D eigenvalue weighted by molar-refractivity contribution is -0.117. The Kier molecular flexibility index (Phi) is 5.36. The lowest BCUT2D eigenvalue weighted by Gasteiger charge is -2.11. The smallest absolute Gasteiger partial charge is 0.357 e. The second-order valence-electron chi connectivity index (χ2n) is 5.45. The molecule has 3 aromatic rings. The molecule has 3 rings (SSSR count). The van der Waals surface area contributed by atoms with Gasteiger partial charge in [-0.3, -0.25) is 9.59 Å². The van der Waals surface area contributed by atoms with Crippen LogP contribution in [0.4, 0.5) is 5.69 Å². The Bertz CT molecular complexity index is 1120. The number of benzene rings is 2. The molecule has 1 aromatic heterocycles. The van der Waals surface area contributed by atoms with Crippen LogP contribution in [0.2, 0.25) is 15.1 Å². The zero-order valence-electron chi connectivity index (χ0n) is 13.4. The van der Waals surface area contributed by atoms with Crippen molar-refractivity contribution in [2.45, 2.75) is 6.54 Å². The first-order chi connectivity index (χ1) is 12.8. The maximum absolute atomic E-state index is 12.5. The summed E-state index contributed by atoms with van der Waals surface area (Å²) < 4.78 is 0.777. The molecule has 0 bridgehead atoms. The molecule has 0 saturated heterocycles. The lowest BCUT2D eigenvalue weighted by Crippen LogP contribution is -2.31. The van der Waals surface area contributed by atoms with Gasteiger partial charge in [-0.25, -0.2) is 9.48 Å². The number of carbonyl (C=O) groups excluding carboxylic acids is 1. The minimum atomic E-state index is -1.32. The highest BCUT2D eigenvalue weighted by Gasteiger charge is 2.18. The van der Waals surface area contributed by atoms with E-state index in [9.17, 15) is 19.5 Å². The summed E-state index contributed by atoms with van der Waals surface area (Å²) in [6.07, 6.45) is 0. The molecule has 0 radical (unpaired) electrons. The van der Waals surface area contributed by atoms with Gasteiger partial charge in [0.1, 0.15) is 6.54 Å². The zero-order valence-corrected chi connectivity index (χ0v) is 15.6. The Morgan fingerprint density at radius 1 is 1.07 bits per heavy atom. The van der Waals surface area contributed by atoms with Crippen molar-refractivity contribution < 1.29 is 14.7 Å². The topological polar surface area (TPSA) is 101 Å². The average molecular weight is 427 g/mol. The molecule has 0 atom stereocenters. The number of hydrogen-bond acceptors (Lipinski definition) is 4. The molecule has 0 spiro atoms. The van der Waals surface area contributed by atoms with Gasteiger partial charge in [0.2, 0.25) is 5.91 Å². The van der Waals surface area contributed by atoms with Crippen LogP contribution in [-0.2, 0) is 11.3 Å². The number of carboxylic acids is 1. The summed E-state index contributed by atoms with van der Waals surface area (Å²) in [4.78, 5) is 36.3. The third kappa shape index (κ3) is 3.90. The van der Waals surface area contributed by atoms with Crippen LogP contribution in [0.25, 0.3) is 10.8 Å². The number of rotatable bonds is 4. The van der Waals surface area contributed by atoms with Crippen LogP contribution < -0.4 is 10.9 Å². The summed E-state index contributed by atoms with van der Waals surface area (Å²) in [7, 11) is 0. The van der Waals surface area contributed by atoms with E-state index in [1.807, 2.05) is 0 Å². The standard InChI is InChI=1S/C17H10Cl3N3O4/c18-8-5-11(19)15(12(20)6-8)21-13(24)7-23-16(25)10-4-2-1-3-9(10)14(22-23)17(26)27/h1-6H,7H2,(H,21,24)(H,26,27). The van der Waals surface area contributed by atoms with Gasteiger partial charge < -0.3 is 10.4 Å². The van der Waals surface area contributed by atoms with Crippen molar-refractivity contribution in [3.63, 3.8) is 0 Å². The van der Waals surface area contributed by atoms with E-state index in [2.05, 4.69) is 10.4 Å². The summed E-state index contributed by atoms with van der Waals surface area (Å²) >= 11 is 17.8. The van der Waals surface area contributed by atoms with Crippen LogP contribution in [0.3, 0.4) is 0 Å². The number of nitrogens with one attached hydrogen (secondary N) is 1. The molecule has 0 aliphatic heterocycles. The molecular formula is C17H10Cl3N3O4. The maximum atomic E-state index is 12.5. The number of amides is 1. The van der Waals surface area contributed by atoms with E-state index in [0.717, 1.165) is 4.68 Å². The first kappa shape index (κ1) is 19.2. The maximum Gasteiger partial charge on any atom is 0.357 e. The van der Waals surface area contributed by atoms with Crippen LogP contribution in [0, 0.1) is 0 Å². The first-order valence-electron chi connectivity index (χ1n) is 7.45. The SMILES string of the molecule is O=C(Cn1nc(C(=O)O)c2ccccc2c1=O)Nc1c(Cl)cc(Cl)cc1Cl. The van der Waals surface area contributed by atoms with Gasteiger partial charge in [-0.1, -0.05) is 53.0 Å². The Morgan fingerprint density at radius 2 is 1.67 bits per heavy atom. The minimum Gasteiger partial charge on any atom is -0.476 e. The molecule has 0 unspecified atom stereocenters. The molecule has 0 aliphatic carbocycles. The number of aromatic nitrogens is 2. The van der Waals surface area contributed by atoms with Gasteiger partial charge in [-0.15, -0.1) is 0 Å². The van der Waals surface area contributed by atoms with Gasteiger partial charge in [0.15, 0.2) is 5.69 Å². The fraction of sp³-hybridized carbons (Fsp3) is 0.0588. The van der Waals surface area contributed by atoms with Crippen LogP contribution >= 0.6 is 34.8 Å². The Balaban J connectivity index is 1.97. The van der Waals surface area contributed by atoms with E-state index < -0.39 is 24.0 Å². The average Bonchev–Trinajstić information content (AvgIpc) is 2.60. The minimum absolute atomic E-state index is 0.117. The molecule has 10 heteroatoms. The van der Waals surface area contributed by atoms with Gasteiger partial charge in [-0.2, -0.15) is 5.10 Å². The number of anilines is 1. The number of nitrogens with zero attached hydrogens (tertiary/aromatic N) is 2. The highest BCUT2D eigenvalue weighted by molar-refractivity contribution is 6.42. The predicted octanol–water partition coefficient (Wildman–Crippen LogP) is 3.69. The van der Waals surface area contributed by atoms with Crippen molar-refractivity contribution >= 4 is 63.1 Å². The predicted molar refractivity (Wildman–Crippen MR) is 103 cm³/mol. The lowest BCUT2D eigenvalue weighted by atomic mass is 10.1. The van der Waals surface area contributed by atoms with E-state index in [4.69, 9.17) is 34.8 Å². The summed E-state index contributed by atoms with van der Waals surface area (Å²) in [6.45, 7) is -0.529. The third-order valence-electron chi connectivity index (χ3n) is 3.63. The third-order valence-corrected chi connectivity index (χ3v) is 4.45. The van der Waals surface area contributed by atoms with E-state index >= 15 is 0 Å². The van der Waals surface area contributed by atoms with Crippen molar-refractivity contribution in [2.24, 2.45) is 0 Å². The molecule has 0 aliphatic rings. The molecule has 27 heavy (non-hydrogen) atoms. The molecule has 1 amide bonds. The second kappa shape index (κ2) is 7.56. The number of carbonyl (C=O) groups is 2. The molecule has 1 heterocycles. The molecule has 2 aromatic carbocycles. The fourth-order valence-corrected chi connectivity index (χ4v) is 3.39. The van der Waals surface area contributed by atoms with Gasteiger partial charge in [0, 0.05) is 10.4 Å². The molecule has 0 fully saturated rings. The number of hydrogen-bond donors (Lipinski definition) is 2. The van der Waals surface area contributed by atoms with Crippen LogP contribution in [-0.4, -0.2) is 26.8 Å². The Morgan fingerprint density at radius 3 is 2.26 bits per heavy atom. The van der Waals surface area contributed by atoms with Gasteiger partial charge in [0.25, 0.3) is 5.56 Å². The van der Waals surface area contributed by atoms with Gasteiger partial charge in [0.05, 0.1) is 21.1 Å². The number of fused-ring (bicyclic) bond motifs is 1. The summed E-state index contributed by atoms with van der Waals surface area (Å²) in [6, 6.07) is 8.92. The highest BCUT2D eigenvalue weighted by atomic mass is 35.5. The fourth-order valence-electron chi connectivity index (χ4n) is 2.48. The van der Waals surface area contributed by atoms with E-state index in [0.29, 0.717) is 5.02 Å². The van der Waals surface area contributed by atoms with Crippen LogP contribution in [0.5, 0.6) is 0 Å². The quantitative estimate of drug-likeness (QED) is 0.662. The van der Waals surface area contributed by atoms with Crippen LogP contribution in [0.1, 0.15) is 10.5 Å². The van der Waals surface area contributed by atoms with Gasteiger partial charge >= 0.3 is 5.97 Å². The molecule has 2 N–H and O–H groups in total. The van der Waals surface area contributed by atoms with E-state index in [1.54, 1.807) is 12.1 Å².